The lowest BCUT2D eigenvalue weighted by molar-refractivity contribution is 0.282. The SMILES string of the molecule is C#CCOc1cc(CNC(=NC)NCCCN2CCCCCC2)ccc1OC. The molecule has 0 spiro atoms. The van der Waals surface area contributed by atoms with Crippen molar-refractivity contribution in [3.8, 4) is 23.8 Å². The van der Waals surface area contributed by atoms with Crippen LogP contribution in [0.25, 0.3) is 0 Å². The standard InChI is InChI=1S/C22H34N4O2/c1-4-16-28-21-17-19(10-11-20(21)27-3)18-25-22(23-2)24-12-9-15-26-13-7-5-6-8-14-26/h1,10-11,17H,5-9,12-16,18H2,2-3H3,(H2,23,24,25). The van der Waals surface area contributed by atoms with Gasteiger partial charge in [0.1, 0.15) is 6.61 Å². The number of methoxy groups -OCH3 is 1. The van der Waals surface area contributed by atoms with Crippen LogP contribution in [-0.4, -0.2) is 57.8 Å². The van der Waals surface area contributed by atoms with Crippen molar-refractivity contribution in [2.45, 2.75) is 38.6 Å². The van der Waals surface area contributed by atoms with Crippen molar-refractivity contribution >= 4 is 5.96 Å². The minimum Gasteiger partial charge on any atom is -0.493 e. The molecule has 1 saturated heterocycles. The average molecular weight is 387 g/mol. The number of guanidine groups is 1. The third-order valence-corrected chi connectivity index (χ3v) is 4.86. The smallest absolute Gasteiger partial charge is 0.191 e. The Morgan fingerprint density at radius 2 is 1.96 bits per heavy atom. The first kappa shape index (κ1) is 21.9. The highest BCUT2D eigenvalue weighted by Gasteiger charge is 2.09. The summed E-state index contributed by atoms with van der Waals surface area (Å²) < 4.78 is 10.9. The lowest BCUT2D eigenvalue weighted by Gasteiger charge is -2.20. The highest BCUT2D eigenvalue weighted by molar-refractivity contribution is 5.79. The minimum atomic E-state index is 0.216. The van der Waals surface area contributed by atoms with Gasteiger partial charge in [-0.1, -0.05) is 24.8 Å². The second kappa shape index (κ2) is 12.9. The number of nitrogens with zero attached hydrogens (tertiary/aromatic N) is 2. The van der Waals surface area contributed by atoms with Crippen molar-refractivity contribution in [2.24, 2.45) is 4.99 Å². The molecule has 0 saturated carbocycles. The van der Waals surface area contributed by atoms with Crippen molar-refractivity contribution in [3.63, 3.8) is 0 Å². The Hall–Kier alpha value is -2.39. The van der Waals surface area contributed by atoms with Gasteiger partial charge in [0.05, 0.1) is 7.11 Å². The fourth-order valence-electron chi connectivity index (χ4n) is 3.34. The number of ether oxygens (including phenoxy) is 2. The molecule has 1 aliphatic heterocycles. The molecule has 1 aromatic rings. The lowest BCUT2D eigenvalue weighted by Crippen LogP contribution is -2.38. The van der Waals surface area contributed by atoms with Crippen LogP contribution in [0.5, 0.6) is 11.5 Å². The number of hydrogen-bond acceptors (Lipinski definition) is 4. The Bertz CT molecular complexity index is 646. The molecule has 6 nitrogen and oxygen atoms in total. The Morgan fingerprint density at radius 1 is 1.18 bits per heavy atom. The molecule has 0 atom stereocenters. The summed E-state index contributed by atoms with van der Waals surface area (Å²) in [5.74, 6) is 4.61. The Balaban J connectivity index is 1.74. The minimum absolute atomic E-state index is 0.216. The first-order chi connectivity index (χ1) is 13.8. The zero-order chi connectivity index (χ0) is 20.0. The van der Waals surface area contributed by atoms with Crippen LogP contribution in [0.15, 0.2) is 23.2 Å². The van der Waals surface area contributed by atoms with Gasteiger partial charge in [0.2, 0.25) is 0 Å². The van der Waals surface area contributed by atoms with Crippen molar-refractivity contribution in [1.82, 2.24) is 15.5 Å². The summed E-state index contributed by atoms with van der Waals surface area (Å²) in [6.07, 6.45) is 11.8. The maximum absolute atomic E-state index is 5.56. The second-order valence-electron chi connectivity index (χ2n) is 6.94. The molecule has 6 heteroatoms. The van der Waals surface area contributed by atoms with Crippen LogP contribution < -0.4 is 20.1 Å². The molecule has 28 heavy (non-hydrogen) atoms. The third kappa shape index (κ3) is 7.69. The normalized spacial score (nSPS) is 15.4. The van der Waals surface area contributed by atoms with Crippen LogP contribution in [0.1, 0.15) is 37.7 Å². The van der Waals surface area contributed by atoms with E-state index in [2.05, 4.69) is 26.4 Å². The van der Waals surface area contributed by atoms with E-state index in [1.165, 1.54) is 38.8 Å². The maximum Gasteiger partial charge on any atom is 0.191 e. The number of rotatable bonds is 9. The van der Waals surface area contributed by atoms with E-state index >= 15 is 0 Å². The predicted molar refractivity (Wildman–Crippen MR) is 115 cm³/mol. The second-order valence-corrected chi connectivity index (χ2v) is 6.94. The van der Waals surface area contributed by atoms with E-state index < -0.39 is 0 Å². The van der Waals surface area contributed by atoms with Gasteiger partial charge >= 0.3 is 0 Å². The van der Waals surface area contributed by atoms with Gasteiger partial charge < -0.3 is 25.0 Å². The summed E-state index contributed by atoms with van der Waals surface area (Å²) in [5.41, 5.74) is 1.07. The van der Waals surface area contributed by atoms with E-state index in [1.54, 1.807) is 14.2 Å². The van der Waals surface area contributed by atoms with Crippen molar-refractivity contribution in [2.75, 3.05) is 46.9 Å². The maximum atomic E-state index is 5.56. The molecule has 0 amide bonds. The summed E-state index contributed by atoms with van der Waals surface area (Å²) in [4.78, 5) is 6.89. The number of likely N-dealkylation sites (tertiary alicyclic amines) is 1. The zero-order valence-corrected chi connectivity index (χ0v) is 17.3. The number of terminal acetylenes is 1. The number of nitrogens with one attached hydrogen (secondary N) is 2. The topological polar surface area (TPSA) is 58.1 Å². The Kier molecular flexibility index (Phi) is 10.1. The molecule has 1 aromatic carbocycles. The lowest BCUT2D eigenvalue weighted by atomic mass is 10.2. The molecule has 2 rings (SSSR count). The molecule has 1 aliphatic rings. The van der Waals surface area contributed by atoms with Gasteiger partial charge in [-0.05, 0) is 56.6 Å². The van der Waals surface area contributed by atoms with E-state index in [4.69, 9.17) is 15.9 Å². The van der Waals surface area contributed by atoms with Crippen molar-refractivity contribution in [3.05, 3.63) is 23.8 Å². The van der Waals surface area contributed by atoms with Gasteiger partial charge in [0.25, 0.3) is 0 Å². The van der Waals surface area contributed by atoms with Gasteiger partial charge in [-0.2, -0.15) is 0 Å². The summed E-state index contributed by atoms with van der Waals surface area (Å²) in [5, 5.41) is 6.74. The highest BCUT2D eigenvalue weighted by atomic mass is 16.5. The van der Waals surface area contributed by atoms with E-state index in [0.29, 0.717) is 18.0 Å². The number of aliphatic imine (C=N–C) groups is 1. The van der Waals surface area contributed by atoms with E-state index in [0.717, 1.165) is 31.0 Å². The summed E-state index contributed by atoms with van der Waals surface area (Å²) in [6, 6.07) is 5.83. The molecule has 1 fully saturated rings. The van der Waals surface area contributed by atoms with E-state index in [9.17, 15) is 0 Å². The fourth-order valence-corrected chi connectivity index (χ4v) is 3.34. The van der Waals surface area contributed by atoms with Crippen LogP contribution in [0, 0.1) is 12.3 Å². The van der Waals surface area contributed by atoms with Gasteiger partial charge in [-0.15, -0.1) is 6.42 Å². The van der Waals surface area contributed by atoms with Gasteiger partial charge in [-0.25, -0.2) is 0 Å². The van der Waals surface area contributed by atoms with Crippen molar-refractivity contribution in [1.29, 1.82) is 0 Å². The Labute approximate surface area is 169 Å². The first-order valence-corrected chi connectivity index (χ1v) is 10.2. The first-order valence-electron chi connectivity index (χ1n) is 10.2. The van der Waals surface area contributed by atoms with E-state index in [-0.39, 0.29) is 6.61 Å². The van der Waals surface area contributed by atoms with E-state index in [1.807, 2.05) is 18.2 Å². The monoisotopic (exact) mass is 386 g/mol. The molecular formula is C22H34N4O2. The average Bonchev–Trinajstić information content (AvgIpc) is 3.00. The van der Waals surface area contributed by atoms with Crippen LogP contribution in [-0.2, 0) is 6.54 Å². The molecule has 0 aliphatic carbocycles. The van der Waals surface area contributed by atoms with Gasteiger partial charge in [0.15, 0.2) is 17.5 Å². The van der Waals surface area contributed by atoms with Crippen LogP contribution >= 0.6 is 0 Å². The largest absolute Gasteiger partial charge is 0.493 e. The molecule has 154 valence electrons. The number of benzene rings is 1. The molecule has 0 radical (unpaired) electrons. The van der Waals surface area contributed by atoms with Crippen LogP contribution in [0.2, 0.25) is 0 Å². The van der Waals surface area contributed by atoms with Crippen LogP contribution in [0.3, 0.4) is 0 Å². The third-order valence-electron chi connectivity index (χ3n) is 4.86. The summed E-state index contributed by atoms with van der Waals surface area (Å²) in [7, 11) is 3.41. The Morgan fingerprint density at radius 3 is 2.64 bits per heavy atom. The number of hydrogen-bond donors (Lipinski definition) is 2. The molecule has 2 N–H and O–H groups in total. The molecule has 0 unspecified atom stereocenters. The highest BCUT2D eigenvalue weighted by Crippen LogP contribution is 2.27. The van der Waals surface area contributed by atoms with Crippen molar-refractivity contribution < 1.29 is 9.47 Å². The molecule has 0 aromatic heterocycles. The van der Waals surface area contributed by atoms with Gasteiger partial charge in [-0.3, -0.25) is 4.99 Å². The molecule has 0 bridgehead atoms. The predicted octanol–water partition coefficient (Wildman–Crippen LogP) is 2.64. The zero-order valence-electron chi connectivity index (χ0n) is 17.3. The summed E-state index contributed by atoms with van der Waals surface area (Å²) in [6.45, 7) is 5.41. The molecular weight excluding hydrogens is 352 g/mol. The van der Waals surface area contributed by atoms with Gasteiger partial charge in [0, 0.05) is 20.1 Å². The molecule has 1 heterocycles. The quantitative estimate of drug-likeness (QED) is 0.296. The van der Waals surface area contributed by atoms with Crippen LogP contribution in [0.4, 0.5) is 0 Å². The summed E-state index contributed by atoms with van der Waals surface area (Å²) >= 11 is 0. The fraction of sp³-hybridized carbons (Fsp3) is 0.591.